The Balaban J connectivity index is 1.48. The van der Waals surface area contributed by atoms with Gasteiger partial charge in [0.05, 0.1) is 35.4 Å². The third-order valence-corrected chi connectivity index (χ3v) is 5.84. The molecule has 2 aromatic heterocycles. The summed E-state index contributed by atoms with van der Waals surface area (Å²) in [4.78, 5) is 18.3. The van der Waals surface area contributed by atoms with Crippen molar-refractivity contribution in [3.05, 3.63) is 77.9 Å². The smallest absolute Gasteiger partial charge is 0.416 e. The predicted octanol–water partition coefficient (Wildman–Crippen LogP) is 4.59. The number of carbonyl (C=O) groups excluding carboxylic acids is 1. The van der Waals surface area contributed by atoms with Gasteiger partial charge in [-0.05, 0) is 30.7 Å². The Morgan fingerprint density at radius 1 is 1.29 bits per heavy atom. The van der Waals surface area contributed by atoms with Crippen LogP contribution in [0.15, 0.2) is 71.1 Å². The van der Waals surface area contributed by atoms with Gasteiger partial charge in [-0.25, -0.2) is 0 Å². The molecule has 0 spiro atoms. The number of halogens is 3. The number of ether oxygens (including phenoxy) is 2. The van der Waals surface area contributed by atoms with Gasteiger partial charge in [-0.1, -0.05) is 36.0 Å². The average Bonchev–Trinajstić information content (AvgIpc) is 3.51. The second-order valence-corrected chi connectivity index (χ2v) is 8.51. The van der Waals surface area contributed by atoms with Gasteiger partial charge >= 0.3 is 6.18 Å². The number of aryl methyl sites for hydroxylation is 1. The van der Waals surface area contributed by atoms with Crippen molar-refractivity contribution in [2.45, 2.75) is 26.3 Å². The Hall–Kier alpha value is -4.19. The molecular formula is C26H26F3N5O4. The van der Waals surface area contributed by atoms with Crippen molar-refractivity contribution in [1.29, 1.82) is 0 Å². The van der Waals surface area contributed by atoms with Crippen molar-refractivity contribution >= 4 is 5.91 Å². The third kappa shape index (κ3) is 6.38. The van der Waals surface area contributed by atoms with E-state index in [4.69, 9.17) is 14.0 Å². The summed E-state index contributed by atoms with van der Waals surface area (Å²) in [6, 6.07) is 7.51. The normalized spacial score (nSPS) is 15.2. The monoisotopic (exact) mass is 529 g/mol. The number of carbonyl (C=O) groups is 1. The van der Waals surface area contributed by atoms with E-state index < -0.39 is 11.7 Å². The van der Waals surface area contributed by atoms with Crippen LogP contribution in [-0.2, 0) is 34.5 Å². The minimum absolute atomic E-state index is 0.0121. The maximum atomic E-state index is 12.9. The Morgan fingerprint density at radius 2 is 2.11 bits per heavy atom. The highest BCUT2D eigenvalue weighted by atomic mass is 19.4. The lowest BCUT2D eigenvalue weighted by Gasteiger charge is -2.26. The molecule has 1 aliphatic rings. The first kappa shape index (κ1) is 26.9. The SMILES string of the molecule is C=C/C(=C\C=C(/C)OCc1c(-c2nc(-c3cccc(CN4CCOCC4=O)c3)no2)cnn1C)C(F)(F)F. The Labute approximate surface area is 216 Å². The van der Waals surface area contributed by atoms with Crippen LogP contribution in [0.4, 0.5) is 13.2 Å². The van der Waals surface area contributed by atoms with Crippen LogP contribution in [0.1, 0.15) is 18.2 Å². The van der Waals surface area contributed by atoms with Crippen molar-refractivity contribution < 1.29 is 32.0 Å². The lowest BCUT2D eigenvalue weighted by atomic mass is 10.1. The Kier molecular flexibility index (Phi) is 8.10. The highest BCUT2D eigenvalue weighted by Gasteiger charge is 2.30. The molecular weight excluding hydrogens is 503 g/mol. The van der Waals surface area contributed by atoms with Crippen LogP contribution in [0.25, 0.3) is 22.8 Å². The molecule has 0 unspecified atom stereocenters. The zero-order chi connectivity index (χ0) is 27.3. The number of rotatable bonds is 9. The summed E-state index contributed by atoms with van der Waals surface area (Å²) in [7, 11) is 1.70. The summed E-state index contributed by atoms with van der Waals surface area (Å²) in [5.41, 5.74) is 1.89. The van der Waals surface area contributed by atoms with E-state index in [9.17, 15) is 18.0 Å². The first-order chi connectivity index (χ1) is 18.2. The molecule has 4 rings (SSSR count). The van der Waals surface area contributed by atoms with Crippen LogP contribution in [-0.4, -0.2) is 56.7 Å². The molecule has 0 atom stereocenters. The largest absolute Gasteiger partial charge is 0.492 e. The van der Waals surface area contributed by atoms with Gasteiger partial charge in [-0.15, -0.1) is 0 Å². The van der Waals surface area contributed by atoms with Gasteiger partial charge in [0.25, 0.3) is 5.89 Å². The van der Waals surface area contributed by atoms with E-state index in [2.05, 4.69) is 21.8 Å². The number of morpholine rings is 1. The standard InChI is InChI=1S/C26H26F3N5O4/c1-4-20(26(27,28)29)9-8-17(2)37-15-22-21(13-30-33(22)3)25-31-24(32-38-25)19-7-5-6-18(12-19)14-34-10-11-36-16-23(34)35/h4-9,12-13H,1,10-11,14-16H2,2-3H3/b17-8+,20-9+. The molecule has 1 amide bonds. The lowest BCUT2D eigenvalue weighted by molar-refractivity contribution is -0.143. The summed E-state index contributed by atoms with van der Waals surface area (Å²) in [6.07, 6.45) is -0.0750. The van der Waals surface area contributed by atoms with Gasteiger partial charge < -0.3 is 18.9 Å². The summed E-state index contributed by atoms with van der Waals surface area (Å²) in [6.45, 7) is 6.32. The molecule has 9 nitrogen and oxygen atoms in total. The quantitative estimate of drug-likeness (QED) is 0.296. The first-order valence-corrected chi connectivity index (χ1v) is 11.7. The summed E-state index contributed by atoms with van der Waals surface area (Å²) < 4.78 is 56.5. The van der Waals surface area contributed by atoms with Gasteiger partial charge in [-0.2, -0.15) is 23.3 Å². The fraction of sp³-hybridized carbons (Fsp3) is 0.308. The van der Waals surface area contributed by atoms with Crippen LogP contribution in [0.5, 0.6) is 0 Å². The van der Waals surface area contributed by atoms with E-state index in [1.807, 2.05) is 24.3 Å². The van der Waals surface area contributed by atoms with Gasteiger partial charge in [-0.3, -0.25) is 9.48 Å². The summed E-state index contributed by atoms with van der Waals surface area (Å²) >= 11 is 0. The van der Waals surface area contributed by atoms with Crippen LogP contribution < -0.4 is 0 Å². The zero-order valence-corrected chi connectivity index (χ0v) is 20.9. The number of alkyl halides is 3. The topological polar surface area (TPSA) is 95.5 Å². The van der Waals surface area contributed by atoms with Gasteiger partial charge in [0.2, 0.25) is 11.7 Å². The molecule has 0 saturated carbocycles. The Morgan fingerprint density at radius 3 is 2.84 bits per heavy atom. The van der Waals surface area contributed by atoms with E-state index in [-0.39, 0.29) is 30.8 Å². The van der Waals surface area contributed by atoms with E-state index >= 15 is 0 Å². The van der Waals surface area contributed by atoms with E-state index in [0.29, 0.717) is 42.3 Å². The molecule has 1 fully saturated rings. The molecule has 3 aromatic rings. The summed E-state index contributed by atoms with van der Waals surface area (Å²) in [5, 5.41) is 8.32. The number of nitrogens with zero attached hydrogens (tertiary/aromatic N) is 5. The fourth-order valence-electron chi connectivity index (χ4n) is 3.73. The summed E-state index contributed by atoms with van der Waals surface area (Å²) in [5.74, 6) is 0.782. The van der Waals surface area contributed by atoms with Crippen LogP contribution in [0.2, 0.25) is 0 Å². The van der Waals surface area contributed by atoms with E-state index in [0.717, 1.165) is 17.7 Å². The highest BCUT2D eigenvalue weighted by molar-refractivity contribution is 5.78. The number of hydrogen-bond acceptors (Lipinski definition) is 7. The van der Waals surface area contributed by atoms with Crippen molar-refractivity contribution in [2.75, 3.05) is 19.8 Å². The molecule has 12 heteroatoms. The van der Waals surface area contributed by atoms with Gasteiger partial charge in [0.1, 0.15) is 13.2 Å². The number of amides is 1. The third-order valence-electron chi connectivity index (χ3n) is 5.84. The second kappa shape index (κ2) is 11.5. The number of benzene rings is 1. The molecule has 38 heavy (non-hydrogen) atoms. The Bertz CT molecular complexity index is 1370. The fourth-order valence-corrected chi connectivity index (χ4v) is 3.73. The lowest BCUT2D eigenvalue weighted by Crippen LogP contribution is -2.40. The van der Waals surface area contributed by atoms with Crippen LogP contribution in [0, 0.1) is 0 Å². The molecule has 0 bridgehead atoms. The highest BCUT2D eigenvalue weighted by Crippen LogP contribution is 2.28. The van der Waals surface area contributed by atoms with E-state index in [1.165, 1.54) is 6.08 Å². The van der Waals surface area contributed by atoms with E-state index in [1.54, 1.807) is 29.7 Å². The number of allylic oxidation sites excluding steroid dienone is 5. The van der Waals surface area contributed by atoms with Crippen molar-refractivity contribution in [3.63, 3.8) is 0 Å². The molecule has 0 N–H and O–H groups in total. The number of aromatic nitrogens is 4. The number of hydrogen-bond donors (Lipinski definition) is 0. The van der Waals surface area contributed by atoms with Crippen molar-refractivity contribution in [3.8, 4) is 22.8 Å². The van der Waals surface area contributed by atoms with Gasteiger partial charge in [0, 0.05) is 25.7 Å². The van der Waals surface area contributed by atoms with Crippen molar-refractivity contribution in [2.24, 2.45) is 7.05 Å². The minimum Gasteiger partial charge on any atom is -0.492 e. The molecule has 1 aliphatic heterocycles. The molecule has 3 heterocycles. The molecule has 200 valence electrons. The second-order valence-electron chi connectivity index (χ2n) is 8.51. The van der Waals surface area contributed by atoms with Crippen LogP contribution in [0.3, 0.4) is 0 Å². The predicted molar refractivity (Wildman–Crippen MR) is 131 cm³/mol. The zero-order valence-electron chi connectivity index (χ0n) is 20.9. The van der Waals surface area contributed by atoms with Crippen LogP contribution >= 0.6 is 0 Å². The van der Waals surface area contributed by atoms with Gasteiger partial charge in [0.15, 0.2) is 0 Å². The van der Waals surface area contributed by atoms with Crippen molar-refractivity contribution in [1.82, 2.24) is 24.8 Å². The minimum atomic E-state index is -4.50. The molecule has 0 aliphatic carbocycles. The molecule has 1 saturated heterocycles. The first-order valence-electron chi connectivity index (χ1n) is 11.7. The molecule has 0 radical (unpaired) electrons. The average molecular weight is 530 g/mol. The molecule has 1 aromatic carbocycles. The maximum Gasteiger partial charge on any atom is 0.416 e. The maximum absolute atomic E-state index is 12.9.